The maximum absolute atomic E-state index is 11.5. The molecule has 0 unspecified atom stereocenters. The molecule has 104 valence electrons. The Kier molecular flexibility index (Phi) is 5.19. The summed E-state index contributed by atoms with van der Waals surface area (Å²) in [5.74, 6) is 1.38. The molecular formula is C14H19BrN2O2. The Labute approximate surface area is 122 Å². The third-order valence-corrected chi connectivity index (χ3v) is 3.84. The topological polar surface area (TPSA) is 42.4 Å². The highest BCUT2D eigenvalue weighted by Gasteiger charge is 2.22. The monoisotopic (exact) mass is 326 g/mol. The molecule has 1 aliphatic heterocycles. The summed E-state index contributed by atoms with van der Waals surface area (Å²) < 4.78 is 5.86. The van der Waals surface area contributed by atoms with Crippen LogP contribution in [0.15, 0.2) is 22.8 Å². The highest BCUT2D eigenvalue weighted by molar-refractivity contribution is 9.10. The van der Waals surface area contributed by atoms with E-state index < -0.39 is 0 Å². The van der Waals surface area contributed by atoms with Crippen molar-refractivity contribution in [2.45, 2.75) is 26.2 Å². The van der Waals surface area contributed by atoms with Crippen LogP contribution < -0.4 is 4.90 Å². The minimum absolute atomic E-state index is 0.0680. The van der Waals surface area contributed by atoms with Crippen LogP contribution in [0.25, 0.3) is 0 Å². The average molecular weight is 327 g/mol. The fraction of sp³-hybridized carbons (Fsp3) is 0.571. The van der Waals surface area contributed by atoms with Crippen LogP contribution >= 0.6 is 15.9 Å². The van der Waals surface area contributed by atoms with Crippen molar-refractivity contribution < 1.29 is 9.53 Å². The lowest BCUT2D eigenvalue weighted by atomic mass is 9.93. The van der Waals surface area contributed by atoms with Gasteiger partial charge in [0.2, 0.25) is 0 Å². The van der Waals surface area contributed by atoms with Crippen LogP contribution in [0.1, 0.15) is 26.2 Å². The standard InChI is InChI=1S/C14H19BrN2O2/c1-2-19-14(18)10-11-6-8-17(9-7-11)13-5-3-4-12(15)16-13/h3-5,11H,2,6-10H2,1H3. The summed E-state index contributed by atoms with van der Waals surface area (Å²) in [6.45, 7) is 4.22. The molecule has 1 saturated heterocycles. The van der Waals surface area contributed by atoms with E-state index in [1.54, 1.807) is 0 Å². The molecule has 0 aliphatic carbocycles. The molecule has 0 radical (unpaired) electrons. The number of anilines is 1. The first-order chi connectivity index (χ1) is 9.19. The number of pyridine rings is 1. The van der Waals surface area contributed by atoms with Gasteiger partial charge >= 0.3 is 5.97 Å². The minimum Gasteiger partial charge on any atom is -0.466 e. The molecule has 19 heavy (non-hydrogen) atoms. The minimum atomic E-state index is -0.0680. The van der Waals surface area contributed by atoms with Crippen molar-refractivity contribution >= 4 is 27.7 Å². The fourth-order valence-corrected chi connectivity index (χ4v) is 2.73. The number of carbonyl (C=O) groups is 1. The van der Waals surface area contributed by atoms with Gasteiger partial charge in [0.15, 0.2) is 0 Å². The van der Waals surface area contributed by atoms with Crippen molar-refractivity contribution in [3.8, 4) is 0 Å². The largest absolute Gasteiger partial charge is 0.466 e. The molecule has 5 heteroatoms. The van der Waals surface area contributed by atoms with Gasteiger partial charge in [-0.2, -0.15) is 0 Å². The summed E-state index contributed by atoms with van der Waals surface area (Å²) in [4.78, 5) is 18.2. The van der Waals surface area contributed by atoms with E-state index >= 15 is 0 Å². The van der Waals surface area contributed by atoms with Crippen molar-refractivity contribution in [3.63, 3.8) is 0 Å². The van der Waals surface area contributed by atoms with Gasteiger partial charge in [-0.15, -0.1) is 0 Å². The molecule has 1 aromatic heterocycles. The number of ether oxygens (including phenoxy) is 1. The van der Waals surface area contributed by atoms with E-state index in [2.05, 4.69) is 25.8 Å². The number of nitrogens with zero attached hydrogens (tertiary/aromatic N) is 2. The summed E-state index contributed by atoms with van der Waals surface area (Å²) in [6.07, 6.45) is 2.59. The Morgan fingerprint density at radius 3 is 2.84 bits per heavy atom. The molecule has 2 rings (SSSR count). The van der Waals surface area contributed by atoms with Crippen LogP contribution in [0.2, 0.25) is 0 Å². The van der Waals surface area contributed by atoms with E-state index in [9.17, 15) is 4.79 Å². The number of esters is 1. The van der Waals surface area contributed by atoms with Gasteiger partial charge in [-0.05, 0) is 53.7 Å². The van der Waals surface area contributed by atoms with Gasteiger partial charge in [-0.3, -0.25) is 4.79 Å². The molecule has 1 aromatic rings. The molecule has 1 aliphatic rings. The van der Waals surface area contributed by atoms with Gasteiger partial charge in [-0.1, -0.05) is 6.07 Å². The van der Waals surface area contributed by atoms with Crippen molar-refractivity contribution in [2.24, 2.45) is 5.92 Å². The summed E-state index contributed by atoms with van der Waals surface area (Å²) in [5.41, 5.74) is 0. The molecule has 0 amide bonds. The number of aromatic nitrogens is 1. The second-order valence-corrected chi connectivity index (χ2v) is 5.57. The first-order valence-electron chi connectivity index (χ1n) is 6.72. The smallest absolute Gasteiger partial charge is 0.306 e. The number of rotatable bonds is 4. The van der Waals surface area contributed by atoms with Crippen molar-refractivity contribution in [3.05, 3.63) is 22.8 Å². The van der Waals surface area contributed by atoms with Gasteiger partial charge in [0.1, 0.15) is 10.4 Å². The predicted molar refractivity (Wildman–Crippen MR) is 78.1 cm³/mol. The van der Waals surface area contributed by atoms with E-state index in [0.29, 0.717) is 18.9 Å². The van der Waals surface area contributed by atoms with Crippen LogP contribution in [0, 0.1) is 5.92 Å². The predicted octanol–water partition coefficient (Wildman–Crippen LogP) is 3.01. The van der Waals surface area contributed by atoms with E-state index in [1.165, 1.54) is 0 Å². The summed E-state index contributed by atoms with van der Waals surface area (Å²) in [7, 11) is 0. The van der Waals surface area contributed by atoms with E-state index in [1.807, 2.05) is 25.1 Å². The van der Waals surface area contributed by atoms with Gasteiger partial charge in [0.05, 0.1) is 6.61 Å². The van der Waals surface area contributed by atoms with Crippen molar-refractivity contribution in [1.29, 1.82) is 0 Å². The lowest BCUT2D eigenvalue weighted by Crippen LogP contribution is -2.35. The Hall–Kier alpha value is -1.10. The number of hydrogen-bond acceptors (Lipinski definition) is 4. The highest BCUT2D eigenvalue weighted by atomic mass is 79.9. The molecule has 0 spiro atoms. The molecule has 0 aromatic carbocycles. The molecule has 2 heterocycles. The van der Waals surface area contributed by atoms with Gasteiger partial charge < -0.3 is 9.64 Å². The second kappa shape index (κ2) is 6.89. The normalized spacial score (nSPS) is 16.4. The maximum atomic E-state index is 11.5. The Bertz CT molecular complexity index is 431. The highest BCUT2D eigenvalue weighted by Crippen LogP contribution is 2.25. The van der Waals surface area contributed by atoms with Gasteiger partial charge in [0.25, 0.3) is 0 Å². The Balaban J connectivity index is 1.84. The molecule has 1 fully saturated rings. The van der Waals surface area contributed by atoms with E-state index in [4.69, 9.17) is 4.74 Å². The Morgan fingerprint density at radius 1 is 1.47 bits per heavy atom. The Morgan fingerprint density at radius 2 is 2.21 bits per heavy atom. The number of carbonyl (C=O) groups excluding carboxylic acids is 1. The first-order valence-corrected chi connectivity index (χ1v) is 7.51. The van der Waals surface area contributed by atoms with E-state index in [-0.39, 0.29) is 5.97 Å². The molecule has 0 bridgehead atoms. The van der Waals surface area contributed by atoms with Crippen LogP contribution in [0.4, 0.5) is 5.82 Å². The summed E-state index contributed by atoms with van der Waals surface area (Å²) in [5, 5.41) is 0. The number of hydrogen-bond donors (Lipinski definition) is 0. The van der Waals surface area contributed by atoms with Crippen LogP contribution in [-0.2, 0) is 9.53 Å². The van der Waals surface area contributed by atoms with Crippen molar-refractivity contribution in [2.75, 3.05) is 24.6 Å². The molecule has 4 nitrogen and oxygen atoms in total. The summed E-state index contributed by atoms with van der Waals surface area (Å²) >= 11 is 3.39. The second-order valence-electron chi connectivity index (χ2n) is 4.76. The van der Waals surface area contributed by atoms with Gasteiger partial charge in [0, 0.05) is 19.5 Å². The molecular weight excluding hydrogens is 308 g/mol. The SMILES string of the molecule is CCOC(=O)CC1CCN(c2cccc(Br)n2)CC1. The van der Waals surface area contributed by atoms with E-state index in [0.717, 1.165) is 36.4 Å². The first kappa shape index (κ1) is 14.3. The lowest BCUT2D eigenvalue weighted by Gasteiger charge is -2.32. The zero-order valence-electron chi connectivity index (χ0n) is 11.1. The van der Waals surface area contributed by atoms with Gasteiger partial charge in [-0.25, -0.2) is 4.98 Å². The number of halogens is 1. The average Bonchev–Trinajstić information content (AvgIpc) is 2.40. The molecule has 0 atom stereocenters. The van der Waals surface area contributed by atoms with Crippen LogP contribution in [0.3, 0.4) is 0 Å². The maximum Gasteiger partial charge on any atom is 0.306 e. The third kappa shape index (κ3) is 4.20. The summed E-state index contributed by atoms with van der Waals surface area (Å²) in [6, 6.07) is 5.95. The van der Waals surface area contributed by atoms with Crippen LogP contribution in [0.5, 0.6) is 0 Å². The van der Waals surface area contributed by atoms with Crippen LogP contribution in [-0.4, -0.2) is 30.6 Å². The number of piperidine rings is 1. The quantitative estimate of drug-likeness (QED) is 0.630. The zero-order chi connectivity index (χ0) is 13.7. The molecule has 0 N–H and O–H groups in total. The molecule has 0 saturated carbocycles. The van der Waals surface area contributed by atoms with Crippen molar-refractivity contribution in [1.82, 2.24) is 4.98 Å². The fourth-order valence-electron chi connectivity index (χ4n) is 2.40. The third-order valence-electron chi connectivity index (χ3n) is 3.40. The zero-order valence-corrected chi connectivity index (χ0v) is 12.7. The lowest BCUT2D eigenvalue weighted by molar-refractivity contribution is -0.144.